The SMILES string of the molecule is CN1CCN(/N=C\c2ccc(-c3cccc([N+](=O)[O-])c3)o2)CC1. The van der Waals surface area contributed by atoms with Crippen molar-refractivity contribution in [3.05, 3.63) is 52.3 Å². The van der Waals surface area contributed by atoms with Gasteiger partial charge < -0.3 is 9.32 Å². The molecule has 0 radical (unpaired) electrons. The average Bonchev–Trinajstić information content (AvgIpc) is 3.03. The number of rotatable bonds is 4. The van der Waals surface area contributed by atoms with Crippen LogP contribution in [-0.2, 0) is 0 Å². The van der Waals surface area contributed by atoms with E-state index in [0.29, 0.717) is 17.1 Å². The zero-order valence-electron chi connectivity index (χ0n) is 12.9. The summed E-state index contributed by atoms with van der Waals surface area (Å²) in [6.45, 7) is 3.78. The first-order valence-corrected chi connectivity index (χ1v) is 7.44. The lowest BCUT2D eigenvalue weighted by molar-refractivity contribution is -0.384. The Balaban J connectivity index is 1.70. The van der Waals surface area contributed by atoms with Gasteiger partial charge in [-0.05, 0) is 19.2 Å². The third-order valence-electron chi connectivity index (χ3n) is 3.80. The van der Waals surface area contributed by atoms with E-state index in [4.69, 9.17) is 4.42 Å². The van der Waals surface area contributed by atoms with Crippen molar-refractivity contribution < 1.29 is 9.34 Å². The van der Waals surface area contributed by atoms with Crippen molar-refractivity contribution in [2.75, 3.05) is 33.2 Å². The molecule has 0 unspecified atom stereocenters. The van der Waals surface area contributed by atoms with Crippen LogP contribution in [0.25, 0.3) is 11.3 Å². The molecule has 7 nitrogen and oxygen atoms in total. The predicted octanol–water partition coefficient (Wildman–Crippen LogP) is 2.44. The summed E-state index contributed by atoms with van der Waals surface area (Å²) in [4.78, 5) is 12.7. The number of likely N-dealkylation sites (N-methyl/N-ethyl adjacent to an activating group) is 1. The van der Waals surface area contributed by atoms with Crippen LogP contribution in [0.3, 0.4) is 0 Å². The summed E-state index contributed by atoms with van der Waals surface area (Å²) in [5, 5.41) is 17.3. The Hall–Kier alpha value is -2.67. The van der Waals surface area contributed by atoms with Gasteiger partial charge in [0.1, 0.15) is 11.5 Å². The number of hydrogen-bond acceptors (Lipinski definition) is 6. The van der Waals surface area contributed by atoms with Crippen LogP contribution in [0.15, 0.2) is 45.9 Å². The van der Waals surface area contributed by atoms with Crippen molar-refractivity contribution >= 4 is 11.9 Å². The standard InChI is InChI=1S/C16H18N4O3/c1-18-7-9-19(10-8-18)17-12-15-5-6-16(23-15)13-3-2-4-14(11-13)20(21)22/h2-6,11-12H,7-10H2,1H3/b17-12-. The first-order valence-electron chi connectivity index (χ1n) is 7.44. The van der Waals surface area contributed by atoms with E-state index < -0.39 is 4.92 Å². The first kappa shape index (κ1) is 15.2. The van der Waals surface area contributed by atoms with Gasteiger partial charge in [-0.3, -0.25) is 15.1 Å². The number of nitro benzene ring substituents is 1. The van der Waals surface area contributed by atoms with Gasteiger partial charge in [-0.1, -0.05) is 12.1 Å². The molecule has 3 rings (SSSR count). The minimum absolute atomic E-state index is 0.0477. The highest BCUT2D eigenvalue weighted by Gasteiger charge is 2.12. The van der Waals surface area contributed by atoms with Crippen LogP contribution >= 0.6 is 0 Å². The van der Waals surface area contributed by atoms with E-state index in [1.165, 1.54) is 12.1 Å². The van der Waals surface area contributed by atoms with Crippen LogP contribution in [-0.4, -0.2) is 54.3 Å². The fraction of sp³-hybridized carbons (Fsp3) is 0.312. The monoisotopic (exact) mass is 314 g/mol. The second kappa shape index (κ2) is 6.62. The summed E-state index contributed by atoms with van der Waals surface area (Å²) >= 11 is 0. The predicted molar refractivity (Wildman–Crippen MR) is 87.5 cm³/mol. The Morgan fingerprint density at radius 2 is 2.00 bits per heavy atom. The maximum atomic E-state index is 10.8. The summed E-state index contributed by atoms with van der Waals surface area (Å²) < 4.78 is 5.71. The lowest BCUT2D eigenvalue weighted by atomic mass is 10.1. The molecule has 0 spiro atoms. The van der Waals surface area contributed by atoms with Crippen molar-refractivity contribution in [1.82, 2.24) is 9.91 Å². The van der Waals surface area contributed by atoms with E-state index >= 15 is 0 Å². The molecule has 1 aliphatic heterocycles. The molecule has 0 atom stereocenters. The van der Waals surface area contributed by atoms with Gasteiger partial charge in [0, 0.05) is 43.9 Å². The number of nitro groups is 1. The van der Waals surface area contributed by atoms with Gasteiger partial charge in [0.15, 0.2) is 0 Å². The molecule has 120 valence electrons. The second-order valence-electron chi connectivity index (χ2n) is 5.51. The second-order valence-corrected chi connectivity index (χ2v) is 5.51. The Bertz CT molecular complexity index is 718. The quantitative estimate of drug-likeness (QED) is 0.492. The van der Waals surface area contributed by atoms with Crippen molar-refractivity contribution in [2.24, 2.45) is 5.10 Å². The molecule has 0 saturated carbocycles. The molecule has 1 saturated heterocycles. The average molecular weight is 314 g/mol. The smallest absolute Gasteiger partial charge is 0.270 e. The van der Waals surface area contributed by atoms with Gasteiger partial charge in [0.05, 0.1) is 11.1 Å². The van der Waals surface area contributed by atoms with E-state index in [2.05, 4.69) is 17.0 Å². The summed E-state index contributed by atoms with van der Waals surface area (Å²) in [7, 11) is 2.10. The molecule has 1 aromatic heterocycles. The van der Waals surface area contributed by atoms with Crippen LogP contribution in [0.2, 0.25) is 0 Å². The lowest BCUT2D eigenvalue weighted by Crippen LogP contribution is -2.41. The van der Waals surface area contributed by atoms with Crippen LogP contribution < -0.4 is 0 Å². The Morgan fingerprint density at radius 1 is 1.22 bits per heavy atom. The molecule has 0 aliphatic carbocycles. The van der Waals surface area contributed by atoms with Crippen LogP contribution in [0, 0.1) is 10.1 Å². The number of piperazine rings is 1. The molecule has 2 aromatic rings. The molecule has 0 N–H and O–H groups in total. The molecule has 1 aliphatic rings. The molecule has 0 bridgehead atoms. The van der Waals surface area contributed by atoms with Gasteiger partial charge in [-0.2, -0.15) is 5.10 Å². The van der Waals surface area contributed by atoms with E-state index in [9.17, 15) is 10.1 Å². The van der Waals surface area contributed by atoms with E-state index in [-0.39, 0.29) is 5.69 Å². The Morgan fingerprint density at radius 3 is 2.74 bits per heavy atom. The Kier molecular flexibility index (Phi) is 4.38. The lowest BCUT2D eigenvalue weighted by Gasteiger charge is -2.30. The summed E-state index contributed by atoms with van der Waals surface area (Å²) in [5.41, 5.74) is 0.727. The zero-order valence-corrected chi connectivity index (χ0v) is 12.9. The van der Waals surface area contributed by atoms with Gasteiger partial charge in [-0.25, -0.2) is 0 Å². The molecule has 1 fully saturated rings. The van der Waals surface area contributed by atoms with Gasteiger partial charge in [-0.15, -0.1) is 0 Å². The molecule has 1 aromatic carbocycles. The number of non-ortho nitro benzene ring substituents is 1. The minimum Gasteiger partial charge on any atom is -0.455 e. The molecule has 2 heterocycles. The highest BCUT2D eigenvalue weighted by molar-refractivity contribution is 5.77. The number of benzene rings is 1. The Labute approximate surface area is 134 Å². The minimum atomic E-state index is -0.415. The molecular weight excluding hydrogens is 296 g/mol. The summed E-state index contributed by atoms with van der Waals surface area (Å²) in [5.74, 6) is 1.22. The molecular formula is C16H18N4O3. The van der Waals surface area contributed by atoms with Crippen LogP contribution in [0.4, 0.5) is 5.69 Å². The normalized spacial score (nSPS) is 16.1. The van der Waals surface area contributed by atoms with Crippen molar-refractivity contribution in [3.8, 4) is 11.3 Å². The van der Waals surface area contributed by atoms with E-state index in [1.807, 2.05) is 11.1 Å². The van der Waals surface area contributed by atoms with E-state index in [1.54, 1.807) is 24.4 Å². The van der Waals surface area contributed by atoms with Gasteiger partial charge >= 0.3 is 0 Å². The summed E-state index contributed by atoms with van der Waals surface area (Å²) in [6, 6.07) is 10.0. The third-order valence-corrected chi connectivity index (χ3v) is 3.80. The fourth-order valence-corrected chi connectivity index (χ4v) is 2.40. The third kappa shape index (κ3) is 3.75. The maximum Gasteiger partial charge on any atom is 0.270 e. The fourth-order valence-electron chi connectivity index (χ4n) is 2.40. The summed E-state index contributed by atoms with van der Waals surface area (Å²) in [6.07, 6.45) is 1.69. The van der Waals surface area contributed by atoms with Crippen molar-refractivity contribution in [2.45, 2.75) is 0 Å². The van der Waals surface area contributed by atoms with Crippen molar-refractivity contribution in [3.63, 3.8) is 0 Å². The van der Waals surface area contributed by atoms with Gasteiger partial charge in [0.25, 0.3) is 5.69 Å². The van der Waals surface area contributed by atoms with Crippen molar-refractivity contribution in [1.29, 1.82) is 0 Å². The number of hydrogen-bond donors (Lipinski definition) is 0. The van der Waals surface area contributed by atoms with Crippen LogP contribution in [0.1, 0.15) is 5.76 Å². The topological polar surface area (TPSA) is 75.1 Å². The van der Waals surface area contributed by atoms with E-state index in [0.717, 1.165) is 26.2 Å². The first-order chi connectivity index (χ1) is 11.1. The zero-order chi connectivity index (χ0) is 16.2. The number of furan rings is 1. The molecule has 0 amide bonds. The van der Waals surface area contributed by atoms with Crippen LogP contribution in [0.5, 0.6) is 0 Å². The molecule has 23 heavy (non-hydrogen) atoms. The van der Waals surface area contributed by atoms with Gasteiger partial charge in [0.2, 0.25) is 0 Å². The highest BCUT2D eigenvalue weighted by Crippen LogP contribution is 2.25. The number of hydrazone groups is 1. The highest BCUT2D eigenvalue weighted by atomic mass is 16.6. The largest absolute Gasteiger partial charge is 0.455 e. The number of nitrogens with zero attached hydrogens (tertiary/aromatic N) is 4. The maximum absolute atomic E-state index is 10.8. The molecule has 7 heteroatoms.